The van der Waals surface area contributed by atoms with E-state index in [1.54, 1.807) is 38.4 Å². The van der Waals surface area contributed by atoms with E-state index in [-0.39, 0.29) is 30.6 Å². The molecule has 0 radical (unpaired) electrons. The van der Waals surface area contributed by atoms with Crippen LogP contribution in [0.2, 0.25) is 0 Å². The number of aliphatic imine (C=N–C) groups is 2. The highest BCUT2D eigenvalue weighted by molar-refractivity contribution is 7.89. The Labute approximate surface area is 236 Å². The second-order valence-electron chi connectivity index (χ2n) is 10.1. The van der Waals surface area contributed by atoms with Crippen molar-refractivity contribution < 1.29 is 36.0 Å². The molecule has 14 heteroatoms. The molecule has 0 aromatic heterocycles. The second kappa shape index (κ2) is 11.8. The van der Waals surface area contributed by atoms with E-state index >= 15 is 0 Å². The fourth-order valence-electron chi connectivity index (χ4n) is 4.89. The van der Waals surface area contributed by atoms with Crippen LogP contribution in [0.3, 0.4) is 0 Å². The van der Waals surface area contributed by atoms with E-state index in [1.165, 1.54) is 34.5 Å². The molecule has 1 N–H and O–H groups in total. The Morgan fingerprint density at radius 3 is 2.46 bits per heavy atom. The number of alkyl halides is 3. The lowest BCUT2D eigenvalue weighted by molar-refractivity contribution is -0.274. The molecule has 0 atom stereocenters. The van der Waals surface area contributed by atoms with Crippen LogP contribution in [0.4, 0.5) is 13.2 Å². The van der Waals surface area contributed by atoms with Crippen LogP contribution in [0.1, 0.15) is 39.9 Å². The first-order valence-electron chi connectivity index (χ1n) is 12.9. The number of benzene rings is 2. The van der Waals surface area contributed by atoms with Gasteiger partial charge in [-0.05, 0) is 61.6 Å². The third-order valence-corrected chi connectivity index (χ3v) is 8.94. The third-order valence-electron chi connectivity index (χ3n) is 7.07. The fourth-order valence-corrected chi connectivity index (χ4v) is 6.36. The van der Waals surface area contributed by atoms with E-state index in [0.717, 1.165) is 11.1 Å². The van der Waals surface area contributed by atoms with E-state index in [9.17, 15) is 26.4 Å². The van der Waals surface area contributed by atoms with Crippen molar-refractivity contribution in [3.05, 3.63) is 64.7 Å². The number of nitrogens with zero attached hydrogens (tertiary/aromatic N) is 4. The highest BCUT2D eigenvalue weighted by Gasteiger charge is 2.45. The van der Waals surface area contributed by atoms with Gasteiger partial charge in [-0.3, -0.25) is 20.1 Å². The molecule has 2 heterocycles. The normalized spacial score (nSPS) is 17.2. The molecule has 1 fully saturated rings. The van der Waals surface area contributed by atoms with Gasteiger partial charge in [-0.25, -0.2) is 17.7 Å². The van der Waals surface area contributed by atoms with Gasteiger partial charge in [-0.2, -0.15) is 0 Å². The maximum atomic E-state index is 13.2. The number of hydrogen-bond acceptors (Lipinski definition) is 8. The molecular formula is C27H32F3N5O5S. The van der Waals surface area contributed by atoms with Crippen molar-refractivity contribution in [2.45, 2.75) is 38.1 Å². The Bertz CT molecular complexity index is 1470. The molecule has 10 nitrogen and oxygen atoms in total. The lowest BCUT2D eigenvalue weighted by Crippen LogP contribution is -2.52. The second-order valence-corrected chi connectivity index (χ2v) is 12.2. The van der Waals surface area contributed by atoms with Crippen molar-refractivity contribution in [1.29, 1.82) is 0 Å². The molecule has 1 amide bonds. The van der Waals surface area contributed by atoms with E-state index < -0.39 is 27.7 Å². The quantitative estimate of drug-likeness (QED) is 0.469. The smallest absolute Gasteiger partial charge is 0.406 e. The number of aryl methyl sites for hydroxylation is 2. The van der Waals surface area contributed by atoms with Crippen LogP contribution in [-0.4, -0.2) is 87.2 Å². The Kier molecular flexibility index (Phi) is 8.76. The average molecular weight is 596 g/mol. The van der Waals surface area contributed by atoms with Crippen LogP contribution in [0, 0.1) is 6.92 Å². The molecule has 0 unspecified atom stereocenters. The summed E-state index contributed by atoms with van der Waals surface area (Å²) in [5.74, 6) is -0.0671. The van der Waals surface area contributed by atoms with Gasteiger partial charge < -0.3 is 9.64 Å². The number of piperidine rings is 1. The van der Waals surface area contributed by atoms with Gasteiger partial charge in [0.15, 0.2) is 11.7 Å². The lowest BCUT2D eigenvalue weighted by Gasteiger charge is -2.37. The molecule has 0 bridgehead atoms. The van der Waals surface area contributed by atoms with E-state index in [4.69, 9.17) is 9.83 Å². The van der Waals surface area contributed by atoms with Gasteiger partial charge in [0.25, 0.3) is 5.91 Å². The summed E-state index contributed by atoms with van der Waals surface area (Å²) in [5.41, 5.74) is 4.35. The van der Waals surface area contributed by atoms with Crippen LogP contribution in [0.15, 0.2) is 52.4 Å². The minimum absolute atomic E-state index is 0.0976. The highest BCUT2D eigenvalue weighted by atomic mass is 32.2. The number of carbonyl (C=O) groups is 1. The van der Waals surface area contributed by atoms with Crippen molar-refractivity contribution in [3.63, 3.8) is 0 Å². The number of nitrogens with one attached hydrogen (secondary N) is 1. The van der Waals surface area contributed by atoms with Crippen LogP contribution >= 0.6 is 0 Å². The number of hydroxylamine groups is 1. The first kappa shape index (κ1) is 30.5. The molecule has 1 saturated heterocycles. The predicted octanol–water partition coefficient (Wildman–Crippen LogP) is 3.31. The summed E-state index contributed by atoms with van der Waals surface area (Å²) in [5, 5.41) is 0. The van der Waals surface area contributed by atoms with Crippen molar-refractivity contribution in [3.8, 4) is 5.75 Å². The zero-order chi connectivity index (χ0) is 30.0. The molecular weight excluding hydrogens is 563 g/mol. The molecule has 222 valence electrons. The summed E-state index contributed by atoms with van der Waals surface area (Å²) in [6, 6.07) is 10.6. The van der Waals surface area contributed by atoms with Gasteiger partial charge >= 0.3 is 6.36 Å². The van der Waals surface area contributed by atoms with Crippen LogP contribution in [0.5, 0.6) is 5.75 Å². The minimum atomic E-state index is -4.84. The first-order chi connectivity index (χ1) is 19.2. The Morgan fingerprint density at radius 2 is 1.85 bits per heavy atom. The number of carbonyl (C=O) groups excluding carboxylic acids is 1. The van der Waals surface area contributed by atoms with E-state index in [0.29, 0.717) is 36.2 Å². The van der Waals surface area contributed by atoms with Gasteiger partial charge in [-0.1, -0.05) is 18.2 Å². The van der Waals surface area contributed by atoms with Gasteiger partial charge in [-0.15, -0.1) is 13.2 Å². The van der Waals surface area contributed by atoms with Crippen molar-refractivity contribution in [2.24, 2.45) is 9.98 Å². The number of amides is 1. The molecule has 0 aliphatic carbocycles. The molecule has 2 aliphatic rings. The predicted molar refractivity (Wildman–Crippen MR) is 147 cm³/mol. The summed E-state index contributed by atoms with van der Waals surface area (Å²) < 4.78 is 70.0. The zero-order valence-electron chi connectivity index (χ0n) is 23.2. The van der Waals surface area contributed by atoms with Gasteiger partial charge in [0.1, 0.15) is 11.3 Å². The largest absolute Gasteiger partial charge is 0.573 e. The Hall–Kier alpha value is -3.49. The summed E-state index contributed by atoms with van der Waals surface area (Å²) in [6.07, 6.45) is -3.95. The third kappa shape index (κ3) is 7.05. The van der Waals surface area contributed by atoms with Crippen LogP contribution in [-0.2, 0) is 21.3 Å². The van der Waals surface area contributed by atoms with Crippen molar-refractivity contribution >= 4 is 27.6 Å². The van der Waals surface area contributed by atoms with Crippen molar-refractivity contribution in [2.75, 3.05) is 40.0 Å². The number of rotatable bonds is 8. The molecule has 2 aromatic rings. The number of halogens is 3. The highest BCUT2D eigenvalue weighted by Crippen LogP contribution is 2.34. The SMILES string of the molecule is CONC1=NC(c2cccc(OC(F)(F)F)c2)=NC12CCN(S(=O)(=O)CCc1ccc(C(=O)N(C)C)cc1C)CC2. The minimum Gasteiger partial charge on any atom is -0.406 e. The van der Waals surface area contributed by atoms with E-state index in [2.05, 4.69) is 15.2 Å². The molecule has 2 aromatic carbocycles. The lowest BCUT2D eigenvalue weighted by atomic mass is 9.88. The number of amidine groups is 2. The van der Waals surface area contributed by atoms with Crippen LogP contribution < -0.4 is 10.2 Å². The maximum Gasteiger partial charge on any atom is 0.573 e. The summed E-state index contributed by atoms with van der Waals surface area (Å²) in [7, 11) is 1.13. The molecule has 1 spiro atoms. The fraction of sp³-hybridized carbons (Fsp3) is 0.444. The molecule has 0 saturated carbocycles. The van der Waals surface area contributed by atoms with Gasteiger partial charge in [0, 0.05) is 38.3 Å². The average Bonchev–Trinajstić information content (AvgIpc) is 3.24. The number of hydrogen-bond donors (Lipinski definition) is 1. The summed E-state index contributed by atoms with van der Waals surface area (Å²) in [4.78, 5) is 28.0. The Balaban J connectivity index is 1.45. The maximum absolute atomic E-state index is 13.2. The molecule has 41 heavy (non-hydrogen) atoms. The number of sulfonamides is 1. The van der Waals surface area contributed by atoms with Crippen LogP contribution in [0.25, 0.3) is 0 Å². The summed E-state index contributed by atoms with van der Waals surface area (Å²) in [6.45, 7) is 2.20. The zero-order valence-corrected chi connectivity index (χ0v) is 24.0. The number of ether oxygens (including phenoxy) is 1. The standard InChI is InChI=1S/C27H32F3N5O5S/c1-18-16-21(24(36)34(2)3)9-8-19(18)10-15-41(37,38)35-13-11-26(12-14-35)25(33-39-4)31-23(32-26)20-6-5-7-22(17-20)40-27(28,29)30/h5-9,16-17H,10-15H2,1-4H3,(H,31,32,33). The van der Waals surface area contributed by atoms with E-state index in [1.807, 2.05) is 6.92 Å². The molecule has 4 rings (SSSR count). The summed E-state index contributed by atoms with van der Waals surface area (Å²) >= 11 is 0. The monoisotopic (exact) mass is 595 g/mol. The van der Waals surface area contributed by atoms with Gasteiger partial charge in [0.05, 0.1) is 12.9 Å². The Morgan fingerprint density at radius 1 is 1.15 bits per heavy atom. The topological polar surface area (TPSA) is 113 Å². The first-order valence-corrected chi connectivity index (χ1v) is 14.5. The molecule has 2 aliphatic heterocycles. The van der Waals surface area contributed by atoms with Gasteiger partial charge in [0.2, 0.25) is 10.0 Å². The van der Waals surface area contributed by atoms with Crippen molar-refractivity contribution in [1.82, 2.24) is 14.7 Å².